The van der Waals surface area contributed by atoms with Crippen molar-refractivity contribution in [2.75, 3.05) is 0 Å². The van der Waals surface area contributed by atoms with Crippen molar-refractivity contribution in [1.29, 1.82) is 0 Å². The first-order chi connectivity index (χ1) is 6.74. The zero-order valence-electron chi connectivity index (χ0n) is 7.57. The molecule has 2 rings (SSSR count). The van der Waals surface area contributed by atoms with Gasteiger partial charge >= 0.3 is 0 Å². The minimum absolute atomic E-state index is 0.0896. The fourth-order valence-electron chi connectivity index (χ4n) is 1.30. The molecule has 0 spiro atoms. The third-order valence-corrected chi connectivity index (χ3v) is 3.22. The lowest BCUT2D eigenvalue weighted by Gasteiger charge is -2.00. The van der Waals surface area contributed by atoms with Crippen LogP contribution >= 0.6 is 22.9 Å². The number of aliphatic hydroxyl groups is 1. The fraction of sp³-hybridized carbons (Fsp3) is 0.222. The molecule has 0 aromatic carbocycles. The maximum Gasteiger partial charge on any atom is 0.153 e. The van der Waals surface area contributed by atoms with Gasteiger partial charge in [-0.05, 0) is 11.4 Å². The maximum atomic E-state index is 9.07. The van der Waals surface area contributed by atoms with Crippen molar-refractivity contribution in [1.82, 2.24) is 9.55 Å². The monoisotopic (exact) mass is 228 g/mol. The van der Waals surface area contributed by atoms with Gasteiger partial charge in [0.05, 0.1) is 17.2 Å². The summed E-state index contributed by atoms with van der Waals surface area (Å²) in [4.78, 5) is 5.25. The topological polar surface area (TPSA) is 38.0 Å². The molecule has 2 heterocycles. The number of rotatable bonds is 2. The SMILES string of the molecule is Cn1c(-c2cccs2)nc(Cl)c1CO. The van der Waals surface area contributed by atoms with E-state index in [-0.39, 0.29) is 6.61 Å². The van der Waals surface area contributed by atoms with Crippen LogP contribution in [0.25, 0.3) is 10.7 Å². The molecule has 2 aromatic rings. The van der Waals surface area contributed by atoms with E-state index >= 15 is 0 Å². The summed E-state index contributed by atoms with van der Waals surface area (Å²) in [5, 5.41) is 11.4. The summed E-state index contributed by atoms with van der Waals surface area (Å²) in [6.07, 6.45) is 0. The van der Waals surface area contributed by atoms with Crippen molar-refractivity contribution in [3.8, 4) is 10.7 Å². The van der Waals surface area contributed by atoms with Gasteiger partial charge in [0.25, 0.3) is 0 Å². The molecular formula is C9H9ClN2OS. The lowest BCUT2D eigenvalue weighted by molar-refractivity contribution is 0.273. The van der Waals surface area contributed by atoms with E-state index in [9.17, 15) is 0 Å². The van der Waals surface area contributed by atoms with E-state index in [2.05, 4.69) is 4.98 Å². The number of aromatic nitrogens is 2. The number of aliphatic hydroxyl groups excluding tert-OH is 1. The molecule has 1 N–H and O–H groups in total. The molecule has 0 saturated heterocycles. The smallest absolute Gasteiger partial charge is 0.153 e. The van der Waals surface area contributed by atoms with Crippen LogP contribution in [-0.2, 0) is 13.7 Å². The van der Waals surface area contributed by atoms with E-state index in [0.29, 0.717) is 10.8 Å². The summed E-state index contributed by atoms with van der Waals surface area (Å²) in [6, 6.07) is 3.94. The molecule has 0 amide bonds. The summed E-state index contributed by atoms with van der Waals surface area (Å²) >= 11 is 7.48. The molecule has 0 bridgehead atoms. The Balaban J connectivity index is 2.55. The van der Waals surface area contributed by atoms with Crippen LogP contribution in [0, 0.1) is 0 Å². The van der Waals surface area contributed by atoms with Gasteiger partial charge in [-0.15, -0.1) is 11.3 Å². The van der Waals surface area contributed by atoms with Crippen molar-refractivity contribution >= 4 is 22.9 Å². The first kappa shape index (κ1) is 9.71. The minimum Gasteiger partial charge on any atom is -0.390 e. The first-order valence-corrected chi connectivity index (χ1v) is 5.35. The molecule has 3 nitrogen and oxygen atoms in total. The van der Waals surface area contributed by atoms with Crippen LogP contribution in [0.4, 0.5) is 0 Å². The van der Waals surface area contributed by atoms with Crippen molar-refractivity contribution in [2.45, 2.75) is 6.61 Å². The normalized spacial score (nSPS) is 10.8. The maximum absolute atomic E-state index is 9.07. The predicted molar refractivity (Wildman–Crippen MR) is 57.5 cm³/mol. The quantitative estimate of drug-likeness (QED) is 0.857. The molecule has 5 heteroatoms. The van der Waals surface area contributed by atoms with Crippen LogP contribution in [0.2, 0.25) is 5.15 Å². The van der Waals surface area contributed by atoms with Crippen LogP contribution in [0.1, 0.15) is 5.69 Å². The highest BCUT2D eigenvalue weighted by Gasteiger charge is 2.13. The molecule has 0 aliphatic rings. The van der Waals surface area contributed by atoms with E-state index in [1.807, 2.05) is 29.1 Å². The Morgan fingerprint density at radius 1 is 1.64 bits per heavy atom. The molecule has 2 aromatic heterocycles. The van der Waals surface area contributed by atoms with Crippen molar-refractivity contribution in [2.24, 2.45) is 7.05 Å². The molecule has 0 saturated carbocycles. The molecule has 0 unspecified atom stereocenters. The van der Waals surface area contributed by atoms with Crippen LogP contribution in [-0.4, -0.2) is 14.7 Å². The van der Waals surface area contributed by atoms with Gasteiger partial charge < -0.3 is 9.67 Å². The Hall–Kier alpha value is -0.840. The highest BCUT2D eigenvalue weighted by Crippen LogP contribution is 2.27. The summed E-state index contributed by atoms with van der Waals surface area (Å²) in [6.45, 7) is -0.0896. The predicted octanol–water partition coefficient (Wildman–Crippen LogP) is 2.29. The lowest BCUT2D eigenvalue weighted by Crippen LogP contribution is -1.97. The highest BCUT2D eigenvalue weighted by molar-refractivity contribution is 7.13. The highest BCUT2D eigenvalue weighted by atomic mass is 35.5. The minimum atomic E-state index is -0.0896. The molecular weight excluding hydrogens is 220 g/mol. The van der Waals surface area contributed by atoms with Gasteiger partial charge in [0, 0.05) is 7.05 Å². The van der Waals surface area contributed by atoms with E-state index < -0.39 is 0 Å². The Morgan fingerprint density at radius 2 is 2.43 bits per heavy atom. The van der Waals surface area contributed by atoms with Crippen LogP contribution in [0.15, 0.2) is 17.5 Å². The third kappa shape index (κ3) is 1.45. The molecule has 14 heavy (non-hydrogen) atoms. The number of thiophene rings is 1. The average molecular weight is 229 g/mol. The molecule has 0 fully saturated rings. The van der Waals surface area contributed by atoms with Gasteiger partial charge in [-0.1, -0.05) is 17.7 Å². The van der Waals surface area contributed by atoms with Gasteiger partial charge in [0.15, 0.2) is 11.0 Å². The first-order valence-electron chi connectivity index (χ1n) is 4.10. The van der Waals surface area contributed by atoms with Gasteiger partial charge in [0.1, 0.15) is 0 Å². The number of hydrogen-bond acceptors (Lipinski definition) is 3. The van der Waals surface area contributed by atoms with E-state index in [0.717, 1.165) is 10.7 Å². The lowest BCUT2D eigenvalue weighted by atomic mass is 10.4. The number of hydrogen-bond donors (Lipinski definition) is 1. The standard InChI is InChI=1S/C9H9ClN2OS/c1-12-6(5-13)8(10)11-9(12)7-3-2-4-14-7/h2-4,13H,5H2,1H3. The Kier molecular flexibility index (Phi) is 2.58. The van der Waals surface area contributed by atoms with Crippen LogP contribution < -0.4 is 0 Å². The van der Waals surface area contributed by atoms with Crippen molar-refractivity contribution < 1.29 is 5.11 Å². The van der Waals surface area contributed by atoms with Crippen LogP contribution in [0.5, 0.6) is 0 Å². The zero-order valence-corrected chi connectivity index (χ0v) is 9.14. The average Bonchev–Trinajstić information content (AvgIpc) is 2.74. The number of halogens is 1. The van der Waals surface area contributed by atoms with E-state index in [1.165, 1.54) is 0 Å². The number of imidazole rings is 1. The largest absolute Gasteiger partial charge is 0.390 e. The molecule has 0 aliphatic carbocycles. The van der Waals surface area contributed by atoms with Crippen LogP contribution in [0.3, 0.4) is 0 Å². The number of nitrogens with zero attached hydrogens (tertiary/aromatic N) is 2. The van der Waals surface area contributed by atoms with Gasteiger partial charge in [-0.3, -0.25) is 0 Å². The molecule has 0 atom stereocenters. The summed E-state index contributed by atoms with van der Waals surface area (Å²) in [5.41, 5.74) is 0.648. The van der Waals surface area contributed by atoms with Crippen molar-refractivity contribution in [3.63, 3.8) is 0 Å². The van der Waals surface area contributed by atoms with Gasteiger partial charge in [0.2, 0.25) is 0 Å². The molecule has 0 radical (unpaired) electrons. The second kappa shape index (κ2) is 3.73. The molecule has 0 aliphatic heterocycles. The van der Waals surface area contributed by atoms with E-state index in [1.54, 1.807) is 11.3 Å². The summed E-state index contributed by atoms with van der Waals surface area (Å²) in [7, 11) is 1.85. The van der Waals surface area contributed by atoms with Gasteiger partial charge in [-0.25, -0.2) is 4.98 Å². The molecule has 74 valence electrons. The van der Waals surface area contributed by atoms with Gasteiger partial charge in [-0.2, -0.15) is 0 Å². The Bertz CT molecular complexity index is 436. The summed E-state index contributed by atoms with van der Waals surface area (Å²) in [5.74, 6) is 0.800. The fourth-order valence-corrected chi connectivity index (χ4v) is 2.31. The van der Waals surface area contributed by atoms with Crippen molar-refractivity contribution in [3.05, 3.63) is 28.4 Å². The second-order valence-corrected chi connectivity index (χ2v) is 4.17. The summed E-state index contributed by atoms with van der Waals surface area (Å²) < 4.78 is 1.81. The zero-order chi connectivity index (χ0) is 10.1. The second-order valence-electron chi connectivity index (χ2n) is 2.87. The Morgan fingerprint density at radius 3 is 2.93 bits per heavy atom. The third-order valence-electron chi connectivity index (χ3n) is 2.06. The van der Waals surface area contributed by atoms with E-state index in [4.69, 9.17) is 16.7 Å². The Labute approximate surface area is 90.6 Å².